The number of amides is 1. The lowest BCUT2D eigenvalue weighted by Gasteiger charge is -2.28. The van der Waals surface area contributed by atoms with Gasteiger partial charge in [-0.25, -0.2) is 0 Å². The van der Waals surface area contributed by atoms with Crippen molar-refractivity contribution >= 4 is 23.9 Å². The van der Waals surface area contributed by atoms with E-state index in [1.165, 1.54) is 0 Å². The monoisotopic (exact) mass is 408 g/mol. The fraction of sp³-hybridized carbons (Fsp3) is 0.455. The highest BCUT2D eigenvalue weighted by atomic mass is 16.5. The van der Waals surface area contributed by atoms with Gasteiger partial charge in [0.25, 0.3) is 0 Å². The zero-order valence-electron chi connectivity index (χ0n) is 17.4. The number of anilines is 2. The lowest BCUT2D eigenvalue weighted by molar-refractivity contribution is -0.116. The van der Waals surface area contributed by atoms with Gasteiger partial charge in [0.15, 0.2) is 5.82 Å². The van der Waals surface area contributed by atoms with Crippen LogP contribution in [0.15, 0.2) is 30.3 Å². The van der Waals surface area contributed by atoms with E-state index in [0.29, 0.717) is 30.9 Å². The maximum atomic E-state index is 12.3. The Morgan fingerprint density at radius 1 is 1.03 bits per heavy atom. The Balaban J connectivity index is 1.46. The number of nitrogens with one attached hydrogen (secondary N) is 1. The number of carbonyl (C=O) groups excluding carboxylic acids is 1. The average molecular weight is 409 g/mol. The van der Waals surface area contributed by atoms with Gasteiger partial charge in [0.2, 0.25) is 17.8 Å². The fourth-order valence-electron chi connectivity index (χ4n) is 3.60. The first-order chi connectivity index (χ1) is 14.7. The van der Waals surface area contributed by atoms with Crippen molar-refractivity contribution in [2.45, 2.75) is 26.3 Å². The zero-order valence-corrected chi connectivity index (χ0v) is 17.4. The molecule has 0 spiro atoms. The van der Waals surface area contributed by atoms with Crippen molar-refractivity contribution < 1.29 is 9.53 Å². The largest absolute Gasteiger partial charge is 0.378 e. The molecule has 2 aromatic rings. The van der Waals surface area contributed by atoms with Crippen LogP contribution >= 0.6 is 0 Å². The molecule has 2 fully saturated rings. The molecule has 2 aliphatic heterocycles. The molecule has 0 aliphatic carbocycles. The summed E-state index contributed by atoms with van der Waals surface area (Å²) in [5.41, 5.74) is 2.16. The van der Waals surface area contributed by atoms with Gasteiger partial charge in [0, 0.05) is 32.3 Å². The van der Waals surface area contributed by atoms with Gasteiger partial charge in [0.05, 0.1) is 19.8 Å². The number of morpholine rings is 1. The molecular weight excluding hydrogens is 380 g/mol. The van der Waals surface area contributed by atoms with Crippen LogP contribution in [-0.4, -0.2) is 60.3 Å². The molecule has 1 aromatic carbocycles. The number of aryl methyl sites for hydroxylation is 1. The second-order valence-electron chi connectivity index (χ2n) is 7.55. The number of benzene rings is 1. The third-order valence-corrected chi connectivity index (χ3v) is 5.36. The van der Waals surface area contributed by atoms with Crippen molar-refractivity contribution in [3.63, 3.8) is 0 Å². The maximum Gasteiger partial charge on any atom is 0.244 e. The Morgan fingerprint density at radius 3 is 2.40 bits per heavy atom. The van der Waals surface area contributed by atoms with E-state index in [2.05, 4.69) is 25.1 Å². The van der Waals surface area contributed by atoms with Crippen molar-refractivity contribution in [2.75, 3.05) is 49.2 Å². The summed E-state index contributed by atoms with van der Waals surface area (Å²) in [6.07, 6.45) is 5.67. The van der Waals surface area contributed by atoms with Gasteiger partial charge in [-0.2, -0.15) is 15.0 Å². The predicted molar refractivity (Wildman–Crippen MR) is 116 cm³/mol. The fourth-order valence-corrected chi connectivity index (χ4v) is 3.60. The van der Waals surface area contributed by atoms with E-state index in [4.69, 9.17) is 9.72 Å². The van der Waals surface area contributed by atoms with Crippen LogP contribution in [0.5, 0.6) is 0 Å². The number of hydrogen-bond donors (Lipinski definition) is 1. The summed E-state index contributed by atoms with van der Waals surface area (Å²) in [5, 5.41) is 2.90. The van der Waals surface area contributed by atoms with Crippen molar-refractivity contribution in [2.24, 2.45) is 0 Å². The van der Waals surface area contributed by atoms with Crippen LogP contribution in [0, 0.1) is 6.92 Å². The lowest BCUT2D eigenvalue weighted by Crippen LogP contribution is -2.38. The number of carbonyl (C=O) groups is 1. The van der Waals surface area contributed by atoms with Crippen LogP contribution in [0.25, 0.3) is 6.08 Å². The molecule has 4 rings (SSSR count). The Bertz CT molecular complexity index is 904. The van der Waals surface area contributed by atoms with Crippen molar-refractivity contribution in [1.82, 2.24) is 20.3 Å². The van der Waals surface area contributed by atoms with E-state index < -0.39 is 0 Å². The average Bonchev–Trinajstić information content (AvgIpc) is 3.33. The molecule has 30 heavy (non-hydrogen) atoms. The molecule has 0 radical (unpaired) electrons. The van der Waals surface area contributed by atoms with Crippen LogP contribution in [0.4, 0.5) is 11.9 Å². The normalized spacial score (nSPS) is 17.0. The van der Waals surface area contributed by atoms with Crippen molar-refractivity contribution in [1.29, 1.82) is 0 Å². The van der Waals surface area contributed by atoms with E-state index in [1.807, 2.05) is 37.3 Å². The van der Waals surface area contributed by atoms with Crippen molar-refractivity contribution in [3.05, 3.63) is 47.3 Å². The minimum atomic E-state index is -0.172. The summed E-state index contributed by atoms with van der Waals surface area (Å²) < 4.78 is 5.44. The molecule has 0 unspecified atom stereocenters. The van der Waals surface area contributed by atoms with Gasteiger partial charge in [0.1, 0.15) is 0 Å². The summed E-state index contributed by atoms with van der Waals surface area (Å²) in [6.45, 7) is 7.05. The van der Waals surface area contributed by atoms with E-state index in [0.717, 1.165) is 50.1 Å². The molecule has 8 heteroatoms. The molecule has 1 N–H and O–H groups in total. The van der Waals surface area contributed by atoms with Gasteiger partial charge in [-0.15, -0.1) is 0 Å². The van der Waals surface area contributed by atoms with Gasteiger partial charge in [-0.05, 0) is 37.0 Å². The Morgan fingerprint density at radius 2 is 1.70 bits per heavy atom. The van der Waals surface area contributed by atoms with E-state index in [9.17, 15) is 4.79 Å². The van der Waals surface area contributed by atoms with Crippen molar-refractivity contribution in [3.8, 4) is 0 Å². The maximum absolute atomic E-state index is 12.3. The lowest BCUT2D eigenvalue weighted by atomic mass is 10.1. The topological polar surface area (TPSA) is 83.5 Å². The second kappa shape index (κ2) is 9.67. The number of ether oxygens (including phenoxy) is 1. The summed E-state index contributed by atoms with van der Waals surface area (Å²) in [5.74, 6) is 1.76. The van der Waals surface area contributed by atoms with Crippen LogP contribution in [0.2, 0.25) is 0 Å². The number of nitrogens with zero attached hydrogens (tertiary/aromatic N) is 5. The molecule has 1 aromatic heterocycles. The minimum Gasteiger partial charge on any atom is -0.378 e. The molecule has 0 saturated carbocycles. The molecule has 0 atom stereocenters. The van der Waals surface area contributed by atoms with Crippen LogP contribution < -0.4 is 15.1 Å². The Hall–Kier alpha value is -3.00. The Kier molecular flexibility index (Phi) is 6.53. The van der Waals surface area contributed by atoms with Gasteiger partial charge < -0.3 is 19.9 Å². The van der Waals surface area contributed by atoms with Crippen LogP contribution in [0.1, 0.15) is 29.8 Å². The van der Waals surface area contributed by atoms with Gasteiger partial charge in [-0.3, -0.25) is 4.79 Å². The van der Waals surface area contributed by atoms with E-state index >= 15 is 0 Å². The first kappa shape index (κ1) is 20.3. The summed E-state index contributed by atoms with van der Waals surface area (Å²) in [7, 11) is 0. The molecular formula is C22H28N6O2. The minimum absolute atomic E-state index is 0.172. The standard InChI is InChI=1S/C22H28N6O2/c1-17-6-2-3-7-18(17)8-9-20(29)23-16-19-24-21(27-10-4-5-11-27)26-22(25-19)28-12-14-30-15-13-28/h2-3,6-9H,4-5,10-16H2,1H3,(H,23,29)/b9-8+. The highest BCUT2D eigenvalue weighted by molar-refractivity contribution is 5.91. The van der Waals surface area contributed by atoms with Gasteiger partial charge >= 0.3 is 0 Å². The quantitative estimate of drug-likeness (QED) is 0.732. The molecule has 1 amide bonds. The first-order valence-electron chi connectivity index (χ1n) is 10.5. The highest BCUT2D eigenvalue weighted by Gasteiger charge is 2.21. The predicted octanol–water partition coefficient (Wildman–Crippen LogP) is 1.95. The molecule has 2 saturated heterocycles. The summed E-state index contributed by atoms with van der Waals surface area (Å²) in [6, 6.07) is 7.96. The third kappa shape index (κ3) is 5.13. The molecule has 2 aliphatic rings. The first-order valence-corrected chi connectivity index (χ1v) is 10.5. The summed E-state index contributed by atoms with van der Waals surface area (Å²) >= 11 is 0. The Labute approximate surface area is 177 Å². The SMILES string of the molecule is Cc1ccccc1/C=C/C(=O)NCc1nc(N2CCCC2)nc(N2CCOCC2)n1. The molecule has 158 valence electrons. The van der Waals surface area contributed by atoms with E-state index in [1.54, 1.807) is 6.08 Å². The number of hydrogen-bond acceptors (Lipinski definition) is 7. The molecule has 0 bridgehead atoms. The zero-order chi connectivity index (χ0) is 20.8. The molecule has 8 nitrogen and oxygen atoms in total. The van der Waals surface area contributed by atoms with Crippen LogP contribution in [-0.2, 0) is 16.1 Å². The highest BCUT2D eigenvalue weighted by Crippen LogP contribution is 2.19. The molecule has 3 heterocycles. The second-order valence-corrected chi connectivity index (χ2v) is 7.55. The van der Waals surface area contributed by atoms with E-state index in [-0.39, 0.29) is 12.5 Å². The summed E-state index contributed by atoms with van der Waals surface area (Å²) in [4.78, 5) is 30.6. The number of rotatable bonds is 6. The number of aromatic nitrogens is 3. The van der Waals surface area contributed by atoms with Crippen LogP contribution in [0.3, 0.4) is 0 Å². The third-order valence-electron chi connectivity index (χ3n) is 5.36. The smallest absolute Gasteiger partial charge is 0.244 e. The van der Waals surface area contributed by atoms with Gasteiger partial charge in [-0.1, -0.05) is 24.3 Å².